The van der Waals surface area contributed by atoms with Crippen LogP contribution in [0.2, 0.25) is 0 Å². The number of aryl methyl sites for hydroxylation is 1. The van der Waals surface area contributed by atoms with Gasteiger partial charge in [-0.15, -0.1) is 0 Å². The van der Waals surface area contributed by atoms with Gasteiger partial charge in [-0.05, 0) is 112 Å². The van der Waals surface area contributed by atoms with Gasteiger partial charge >= 0.3 is 0 Å². The summed E-state index contributed by atoms with van der Waals surface area (Å²) in [6.45, 7) is 12.8. The van der Waals surface area contributed by atoms with Crippen molar-refractivity contribution in [1.82, 2.24) is 9.47 Å². The molecule has 2 aromatic rings. The lowest BCUT2D eigenvalue weighted by molar-refractivity contribution is -0.0533. The lowest BCUT2D eigenvalue weighted by Crippen LogP contribution is -2.59. The fourth-order valence-corrected chi connectivity index (χ4v) is 8.15. The van der Waals surface area contributed by atoms with Crippen molar-refractivity contribution in [2.24, 2.45) is 23.2 Å². The second-order valence-electron chi connectivity index (χ2n) is 12.3. The van der Waals surface area contributed by atoms with Crippen molar-refractivity contribution in [3.63, 3.8) is 0 Å². The van der Waals surface area contributed by atoms with E-state index in [1.807, 2.05) is 0 Å². The molecule has 2 unspecified atom stereocenters. The molecule has 1 saturated heterocycles. The Morgan fingerprint density at radius 2 is 1.92 bits per heavy atom. The average molecular weight is 482 g/mol. The van der Waals surface area contributed by atoms with Gasteiger partial charge < -0.3 is 4.57 Å². The highest BCUT2D eigenvalue weighted by Gasteiger charge is 2.59. The highest BCUT2D eigenvalue weighted by atomic mass is 15.2. The van der Waals surface area contributed by atoms with Crippen LogP contribution in [0.25, 0.3) is 17.3 Å². The molecular formula is C33H43N3. The predicted molar refractivity (Wildman–Crippen MR) is 149 cm³/mol. The summed E-state index contributed by atoms with van der Waals surface area (Å²) in [5.41, 5.74) is 9.09. The Morgan fingerprint density at radius 3 is 2.61 bits per heavy atom. The number of aromatic nitrogens is 1. The van der Waals surface area contributed by atoms with Gasteiger partial charge in [0.1, 0.15) is 0 Å². The first kappa shape index (κ1) is 24.1. The monoisotopic (exact) mass is 481 g/mol. The standard InChI is InChI=1S/C33H43N3/c1-4-28-30-21-33(26-14-15-26)24(3)35(22-25-12-13-25)19-16-27(33)20-31(30)36(18-9-5-8-17-34)32(28)29-11-7-6-10-23(29)2/h4,6-7,10-11,24-27H,1,5,8-9,12-16,18-22H2,2-3H3/t24-,27?,33?/m1/s1. The largest absolute Gasteiger partial charge is 0.344 e. The van der Waals surface area contributed by atoms with Crippen molar-refractivity contribution >= 4 is 6.08 Å². The third-order valence-corrected chi connectivity index (χ3v) is 10.3. The van der Waals surface area contributed by atoms with Crippen molar-refractivity contribution in [3.05, 3.63) is 53.2 Å². The Hall–Kier alpha value is -2.31. The van der Waals surface area contributed by atoms with Gasteiger partial charge in [0.05, 0.1) is 11.8 Å². The van der Waals surface area contributed by atoms with Gasteiger partial charge in [-0.1, -0.05) is 36.9 Å². The van der Waals surface area contributed by atoms with Crippen LogP contribution in [0.1, 0.15) is 80.7 Å². The van der Waals surface area contributed by atoms with Crippen LogP contribution in [0.4, 0.5) is 0 Å². The molecule has 3 nitrogen and oxygen atoms in total. The zero-order valence-corrected chi connectivity index (χ0v) is 22.4. The minimum atomic E-state index is 0.424. The Kier molecular flexibility index (Phi) is 6.37. The number of benzene rings is 1. The molecule has 2 heterocycles. The maximum Gasteiger partial charge on any atom is 0.0621 e. The molecule has 0 radical (unpaired) electrons. The zero-order chi connectivity index (χ0) is 24.9. The molecule has 1 aromatic heterocycles. The number of fused-ring (bicyclic) bond motifs is 2. The van der Waals surface area contributed by atoms with Crippen LogP contribution in [0.15, 0.2) is 30.8 Å². The molecule has 2 saturated carbocycles. The summed E-state index contributed by atoms with van der Waals surface area (Å²) in [5, 5.41) is 9.11. The van der Waals surface area contributed by atoms with E-state index in [9.17, 15) is 0 Å². The smallest absolute Gasteiger partial charge is 0.0621 e. The van der Waals surface area contributed by atoms with Crippen LogP contribution >= 0.6 is 0 Å². The van der Waals surface area contributed by atoms with Crippen LogP contribution in [0.5, 0.6) is 0 Å². The molecule has 3 fully saturated rings. The Balaban J connectivity index is 1.45. The van der Waals surface area contributed by atoms with E-state index in [0.717, 1.165) is 37.1 Å². The van der Waals surface area contributed by atoms with E-state index < -0.39 is 0 Å². The lowest BCUT2D eigenvalue weighted by atomic mass is 9.56. The van der Waals surface area contributed by atoms with Crippen LogP contribution < -0.4 is 0 Å². The maximum atomic E-state index is 9.11. The summed E-state index contributed by atoms with van der Waals surface area (Å²) < 4.78 is 2.67. The molecule has 3 aliphatic carbocycles. The average Bonchev–Trinajstić information content (AvgIpc) is 3.81. The second-order valence-corrected chi connectivity index (χ2v) is 12.3. The van der Waals surface area contributed by atoms with E-state index in [0.29, 0.717) is 17.9 Å². The highest BCUT2D eigenvalue weighted by Crippen LogP contribution is 2.61. The fourth-order valence-electron chi connectivity index (χ4n) is 8.15. The van der Waals surface area contributed by atoms with E-state index in [1.54, 1.807) is 11.3 Å². The van der Waals surface area contributed by atoms with Crippen molar-refractivity contribution in [1.29, 1.82) is 5.26 Å². The van der Waals surface area contributed by atoms with Gasteiger partial charge in [0.2, 0.25) is 0 Å². The molecule has 3 atom stereocenters. The highest BCUT2D eigenvalue weighted by molar-refractivity contribution is 5.78. The maximum absolute atomic E-state index is 9.11. The number of hydrogen-bond donors (Lipinski definition) is 0. The van der Waals surface area contributed by atoms with Crippen LogP contribution in [-0.4, -0.2) is 28.6 Å². The Morgan fingerprint density at radius 1 is 1.11 bits per heavy atom. The van der Waals surface area contributed by atoms with E-state index in [-0.39, 0.29) is 0 Å². The van der Waals surface area contributed by atoms with Crippen LogP contribution in [0.3, 0.4) is 0 Å². The third-order valence-electron chi connectivity index (χ3n) is 10.3. The predicted octanol–water partition coefficient (Wildman–Crippen LogP) is 7.42. The van der Waals surface area contributed by atoms with E-state index >= 15 is 0 Å². The molecule has 3 heteroatoms. The van der Waals surface area contributed by atoms with E-state index in [2.05, 4.69) is 66.3 Å². The van der Waals surface area contributed by atoms with Crippen molar-refractivity contribution in [2.45, 2.75) is 90.6 Å². The van der Waals surface area contributed by atoms with Gasteiger partial charge in [-0.25, -0.2) is 0 Å². The number of piperidine rings is 1. The van der Waals surface area contributed by atoms with Gasteiger partial charge in [-0.2, -0.15) is 5.26 Å². The van der Waals surface area contributed by atoms with E-state index in [4.69, 9.17) is 5.26 Å². The first-order chi connectivity index (χ1) is 17.6. The summed E-state index contributed by atoms with van der Waals surface area (Å²) >= 11 is 0. The first-order valence-electron chi connectivity index (χ1n) is 14.6. The second kappa shape index (κ2) is 9.53. The molecular weight excluding hydrogens is 438 g/mol. The first-order valence-corrected chi connectivity index (χ1v) is 14.6. The van der Waals surface area contributed by atoms with Crippen molar-refractivity contribution < 1.29 is 0 Å². The molecule has 6 rings (SSSR count). The normalized spacial score (nSPS) is 27.8. The molecule has 0 N–H and O–H groups in total. The molecule has 4 aliphatic rings. The summed E-state index contributed by atoms with van der Waals surface area (Å²) in [6.07, 6.45) is 14.4. The SMILES string of the molecule is C=Cc1c2c(n(CCCCC#N)c1-c1ccccc1C)CC1CCN(CC3CC3)[C@H](C)C1(C1CC1)C2. The topological polar surface area (TPSA) is 32.0 Å². The molecule has 0 spiro atoms. The van der Waals surface area contributed by atoms with Gasteiger partial charge in [0, 0.05) is 42.4 Å². The van der Waals surface area contributed by atoms with Crippen molar-refractivity contribution in [3.8, 4) is 17.3 Å². The summed E-state index contributed by atoms with van der Waals surface area (Å²) in [6, 6.07) is 11.9. The van der Waals surface area contributed by atoms with Gasteiger partial charge in [0.25, 0.3) is 0 Å². The Labute approximate surface area is 218 Å². The summed E-state index contributed by atoms with van der Waals surface area (Å²) in [5.74, 6) is 2.65. The van der Waals surface area contributed by atoms with Crippen LogP contribution in [-0.2, 0) is 19.4 Å². The third kappa shape index (κ3) is 3.97. The quantitative estimate of drug-likeness (QED) is 0.349. The lowest BCUT2D eigenvalue weighted by Gasteiger charge is -2.56. The minimum absolute atomic E-state index is 0.424. The number of nitriles is 1. The molecule has 0 amide bonds. The number of unbranched alkanes of at least 4 members (excludes halogenated alkanes) is 2. The van der Waals surface area contributed by atoms with Crippen LogP contribution in [0, 0.1) is 41.4 Å². The van der Waals surface area contributed by atoms with Gasteiger partial charge in [-0.3, -0.25) is 4.90 Å². The molecule has 0 bridgehead atoms. The Bertz CT molecular complexity index is 1170. The number of likely N-dealkylation sites (tertiary alicyclic amines) is 1. The fraction of sp³-hybridized carbons (Fsp3) is 0.606. The van der Waals surface area contributed by atoms with E-state index in [1.165, 1.54) is 80.4 Å². The number of nitrogens with zero attached hydrogens (tertiary/aromatic N) is 3. The summed E-state index contributed by atoms with van der Waals surface area (Å²) in [7, 11) is 0. The minimum Gasteiger partial charge on any atom is -0.344 e. The number of rotatable bonds is 9. The zero-order valence-electron chi connectivity index (χ0n) is 22.4. The summed E-state index contributed by atoms with van der Waals surface area (Å²) in [4.78, 5) is 2.90. The number of hydrogen-bond acceptors (Lipinski definition) is 2. The van der Waals surface area contributed by atoms with Crippen molar-refractivity contribution in [2.75, 3.05) is 13.1 Å². The molecule has 1 aromatic carbocycles. The molecule has 190 valence electrons. The molecule has 36 heavy (non-hydrogen) atoms. The molecule has 1 aliphatic heterocycles. The van der Waals surface area contributed by atoms with Gasteiger partial charge in [0.15, 0.2) is 0 Å².